The molecule has 0 radical (unpaired) electrons. The molecule has 0 rings (SSSR count). The molecule has 0 aliphatic heterocycles. The fraction of sp³-hybridized carbons (Fsp3) is 0.875. The van der Waals surface area contributed by atoms with Crippen molar-refractivity contribution in [3.63, 3.8) is 0 Å². The van der Waals surface area contributed by atoms with Gasteiger partial charge in [0.05, 0.1) is 0 Å². The van der Waals surface area contributed by atoms with Crippen molar-refractivity contribution in [2.24, 2.45) is 0 Å². The first kappa shape index (κ1) is 14.3. The van der Waals surface area contributed by atoms with Gasteiger partial charge in [0, 0.05) is 20.1 Å². The molecule has 0 aromatic carbocycles. The molecule has 90 valence electrons. The van der Waals surface area contributed by atoms with Gasteiger partial charge in [0.1, 0.15) is 6.54 Å². The summed E-state index contributed by atoms with van der Waals surface area (Å²) in [6, 6.07) is -0.325. The molecule has 6 nitrogen and oxygen atoms in total. The number of rotatable bonds is 6. The summed E-state index contributed by atoms with van der Waals surface area (Å²) in [5.74, 6) is -1.15. The van der Waals surface area contributed by atoms with E-state index in [0.717, 1.165) is 8.61 Å². The molecule has 1 N–H and O–H groups in total. The van der Waals surface area contributed by atoms with Crippen molar-refractivity contribution in [1.82, 2.24) is 8.61 Å². The van der Waals surface area contributed by atoms with Crippen LogP contribution >= 0.6 is 0 Å². The number of aliphatic carboxylic acids is 1. The minimum absolute atomic E-state index is 0.325. The summed E-state index contributed by atoms with van der Waals surface area (Å²) in [4.78, 5) is 10.6. The van der Waals surface area contributed by atoms with Gasteiger partial charge < -0.3 is 5.11 Å². The van der Waals surface area contributed by atoms with Crippen molar-refractivity contribution in [2.45, 2.75) is 26.3 Å². The SMILES string of the molecule is CCC(C)N(CC(=O)O)S(=O)(=O)N(C)C. The first-order chi connectivity index (χ1) is 6.73. The van der Waals surface area contributed by atoms with Crippen LogP contribution in [0.1, 0.15) is 20.3 Å². The minimum Gasteiger partial charge on any atom is -0.480 e. The van der Waals surface area contributed by atoms with Gasteiger partial charge in [-0.1, -0.05) is 6.92 Å². The molecule has 0 fully saturated rings. The van der Waals surface area contributed by atoms with E-state index in [1.54, 1.807) is 6.92 Å². The first-order valence-corrected chi connectivity index (χ1v) is 6.04. The standard InChI is InChI=1S/C8H18N2O4S/c1-5-7(2)10(6-8(11)12)15(13,14)9(3)4/h7H,5-6H2,1-4H3,(H,11,12). The van der Waals surface area contributed by atoms with Crippen LogP contribution in [0.25, 0.3) is 0 Å². The maximum Gasteiger partial charge on any atom is 0.318 e. The van der Waals surface area contributed by atoms with Crippen LogP contribution in [0.3, 0.4) is 0 Å². The topological polar surface area (TPSA) is 77.9 Å². The molecule has 0 aromatic rings. The zero-order chi connectivity index (χ0) is 12.2. The molecule has 0 heterocycles. The Morgan fingerprint density at radius 3 is 2.13 bits per heavy atom. The largest absolute Gasteiger partial charge is 0.480 e. The monoisotopic (exact) mass is 238 g/mol. The molecule has 0 saturated carbocycles. The lowest BCUT2D eigenvalue weighted by atomic mass is 10.2. The molecule has 0 aliphatic rings. The Kier molecular flexibility index (Phi) is 5.19. The lowest BCUT2D eigenvalue weighted by molar-refractivity contribution is -0.137. The molecule has 0 spiro atoms. The van der Waals surface area contributed by atoms with E-state index in [4.69, 9.17) is 5.11 Å². The van der Waals surface area contributed by atoms with Gasteiger partial charge in [-0.2, -0.15) is 17.0 Å². The zero-order valence-corrected chi connectivity index (χ0v) is 10.3. The maximum atomic E-state index is 11.8. The highest BCUT2D eigenvalue weighted by atomic mass is 32.2. The predicted octanol–water partition coefficient (Wildman–Crippen LogP) is -0.0221. The van der Waals surface area contributed by atoms with Gasteiger partial charge in [-0.25, -0.2) is 0 Å². The van der Waals surface area contributed by atoms with Crippen molar-refractivity contribution in [2.75, 3.05) is 20.6 Å². The van der Waals surface area contributed by atoms with E-state index in [1.807, 2.05) is 6.92 Å². The van der Waals surface area contributed by atoms with Gasteiger partial charge in [-0.3, -0.25) is 4.79 Å². The van der Waals surface area contributed by atoms with Crippen LogP contribution in [0.2, 0.25) is 0 Å². The lowest BCUT2D eigenvalue weighted by Gasteiger charge is -2.28. The highest BCUT2D eigenvalue weighted by Crippen LogP contribution is 2.11. The minimum atomic E-state index is -3.66. The average Bonchev–Trinajstić information content (AvgIpc) is 2.12. The van der Waals surface area contributed by atoms with E-state index < -0.39 is 22.7 Å². The summed E-state index contributed by atoms with van der Waals surface area (Å²) < 4.78 is 25.5. The zero-order valence-electron chi connectivity index (χ0n) is 9.47. The number of nitrogens with zero attached hydrogens (tertiary/aromatic N) is 2. The van der Waals surface area contributed by atoms with Crippen LogP contribution in [0.5, 0.6) is 0 Å². The third-order valence-corrected chi connectivity index (χ3v) is 4.14. The third-order valence-electron chi connectivity index (χ3n) is 2.13. The molecular formula is C8H18N2O4S. The first-order valence-electron chi connectivity index (χ1n) is 4.64. The average molecular weight is 238 g/mol. The second-order valence-corrected chi connectivity index (χ2v) is 5.58. The second kappa shape index (κ2) is 5.43. The van der Waals surface area contributed by atoms with Gasteiger partial charge in [-0.05, 0) is 13.3 Å². The highest BCUT2D eigenvalue weighted by molar-refractivity contribution is 7.86. The molecule has 0 saturated heterocycles. The van der Waals surface area contributed by atoms with Gasteiger partial charge in [0.2, 0.25) is 0 Å². The Hall–Kier alpha value is -0.660. The normalized spacial score (nSPS) is 14.5. The van der Waals surface area contributed by atoms with Crippen molar-refractivity contribution >= 4 is 16.2 Å². The number of carbonyl (C=O) groups is 1. The Morgan fingerprint density at radius 2 is 1.87 bits per heavy atom. The molecule has 15 heavy (non-hydrogen) atoms. The second-order valence-electron chi connectivity index (χ2n) is 3.49. The van der Waals surface area contributed by atoms with Crippen LogP contribution in [0.15, 0.2) is 0 Å². The Bertz CT molecular complexity index is 313. The van der Waals surface area contributed by atoms with E-state index in [2.05, 4.69) is 0 Å². The Balaban J connectivity index is 5.02. The quantitative estimate of drug-likeness (QED) is 0.705. The van der Waals surface area contributed by atoms with Crippen molar-refractivity contribution in [1.29, 1.82) is 0 Å². The summed E-state index contributed by atoms with van der Waals surface area (Å²) >= 11 is 0. The summed E-state index contributed by atoms with van der Waals surface area (Å²) in [5, 5.41) is 8.65. The number of hydrogen-bond donors (Lipinski definition) is 1. The van der Waals surface area contributed by atoms with Crippen molar-refractivity contribution in [3.8, 4) is 0 Å². The summed E-state index contributed by atoms with van der Waals surface area (Å²) in [7, 11) is -0.897. The third kappa shape index (κ3) is 3.77. The van der Waals surface area contributed by atoms with Gasteiger partial charge >= 0.3 is 5.97 Å². The van der Waals surface area contributed by atoms with Crippen LogP contribution in [-0.4, -0.2) is 54.8 Å². The number of carboxylic acids is 1. The molecule has 0 aliphatic carbocycles. The van der Waals surface area contributed by atoms with Gasteiger partial charge in [0.25, 0.3) is 10.2 Å². The van der Waals surface area contributed by atoms with Crippen LogP contribution in [-0.2, 0) is 15.0 Å². The van der Waals surface area contributed by atoms with Crippen LogP contribution in [0, 0.1) is 0 Å². The molecular weight excluding hydrogens is 220 g/mol. The van der Waals surface area contributed by atoms with E-state index in [1.165, 1.54) is 14.1 Å². The molecule has 1 atom stereocenters. The van der Waals surface area contributed by atoms with E-state index in [9.17, 15) is 13.2 Å². The number of hydrogen-bond acceptors (Lipinski definition) is 3. The van der Waals surface area contributed by atoms with E-state index in [0.29, 0.717) is 6.42 Å². The smallest absolute Gasteiger partial charge is 0.318 e. The summed E-state index contributed by atoms with van der Waals surface area (Å²) in [6.45, 7) is 2.99. The van der Waals surface area contributed by atoms with E-state index in [-0.39, 0.29) is 6.04 Å². The van der Waals surface area contributed by atoms with E-state index >= 15 is 0 Å². The molecule has 0 aromatic heterocycles. The highest BCUT2D eigenvalue weighted by Gasteiger charge is 2.30. The van der Waals surface area contributed by atoms with Gasteiger partial charge in [-0.15, -0.1) is 0 Å². The summed E-state index contributed by atoms with van der Waals surface area (Å²) in [5.41, 5.74) is 0. The summed E-state index contributed by atoms with van der Waals surface area (Å²) in [6.07, 6.45) is 0.570. The Labute approximate surface area is 90.7 Å². The molecule has 1 unspecified atom stereocenters. The Morgan fingerprint density at radius 1 is 1.40 bits per heavy atom. The van der Waals surface area contributed by atoms with Crippen LogP contribution in [0.4, 0.5) is 0 Å². The van der Waals surface area contributed by atoms with Gasteiger partial charge in [0.15, 0.2) is 0 Å². The van der Waals surface area contributed by atoms with Crippen molar-refractivity contribution in [3.05, 3.63) is 0 Å². The van der Waals surface area contributed by atoms with Crippen LogP contribution < -0.4 is 0 Å². The molecule has 0 bridgehead atoms. The lowest BCUT2D eigenvalue weighted by Crippen LogP contribution is -2.47. The predicted molar refractivity (Wildman–Crippen MR) is 56.7 cm³/mol. The van der Waals surface area contributed by atoms with Crippen molar-refractivity contribution < 1.29 is 18.3 Å². The molecule has 7 heteroatoms. The fourth-order valence-electron chi connectivity index (χ4n) is 1.01. The molecule has 0 amide bonds. The maximum absolute atomic E-state index is 11.8. The number of carboxylic acid groups (broad SMARTS) is 1. The fourth-order valence-corrected chi connectivity index (χ4v) is 2.31.